The molecule has 1 aliphatic heterocycles. The van der Waals surface area contributed by atoms with Crippen LogP contribution >= 0.6 is 0 Å². The van der Waals surface area contributed by atoms with Crippen LogP contribution in [0.1, 0.15) is 87.5 Å². The van der Waals surface area contributed by atoms with E-state index < -0.39 is 12.0 Å². The van der Waals surface area contributed by atoms with Crippen molar-refractivity contribution in [2.24, 2.45) is 29.6 Å². The van der Waals surface area contributed by atoms with E-state index in [1.807, 2.05) is 39.5 Å². The standard InChI is InChI=1S/C32H59N3O6/c1-13-21(6)30(34(10)32(39)24(19(2)3)17-26(37)29(33-9)20(4)5)27(40-11)18-28(38)35-16-14-15-25(35)31(41-12)22(7)23(8)36/h19-22,24-25,27,29-31,33H,13-18H2,1-12H3/t21-,22-,24-,25-,27+,29-,30?,31+/m0/s1. The van der Waals surface area contributed by atoms with Gasteiger partial charge in [0.2, 0.25) is 11.8 Å². The molecule has 0 aromatic carbocycles. The maximum absolute atomic E-state index is 14.0. The van der Waals surface area contributed by atoms with Gasteiger partial charge in [-0.05, 0) is 44.6 Å². The lowest BCUT2D eigenvalue weighted by Crippen LogP contribution is -2.54. The van der Waals surface area contributed by atoms with Gasteiger partial charge >= 0.3 is 0 Å². The van der Waals surface area contributed by atoms with Crippen LogP contribution in [0.4, 0.5) is 0 Å². The molecule has 1 saturated heterocycles. The van der Waals surface area contributed by atoms with E-state index >= 15 is 0 Å². The number of ether oxygens (including phenoxy) is 2. The maximum atomic E-state index is 14.0. The van der Waals surface area contributed by atoms with Crippen molar-refractivity contribution in [2.45, 2.75) is 118 Å². The summed E-state index contributed by atoms with van der Waals surface area (Å²) < 4.78 is 11.7. The molecule has 0 spiro atoms. The van der Waals surface area contributed by atoms with Crippen LogP contribution in [-0.4, -0.2) is 98.4 Å². The number of ketones is 2. The normalized spacial score (nSPS) is 20.8. The topological polar surface area (TPSA) is 105 Å². The smallest absolute Gasteiger partial charge is 0.226 e. The highest BCUT2D eigenvalue weighted by Gasteiger charge is 2.42. The number of likely N-dealkylation sites (N-methyl/N-ethyl adjacent to an activating group) is 2. The summed E-state index contributed by atoms with van der Waals surface area (Å²) in [6.07, 6.45) is 1.81. The van der Waals surface area contributed by atoms with Gasteiger partial charge in [0, 0.05) is 46.1 Å². The van der Waals surface area contributed by atoms with E-state index in [4.69, 9.17) is 9.47 Å². The summed E-state index contributed by atoms with van der Waals surface area (Å²) >= 11 is 0. The average molecular weight is 582 g/mol. The second-order valence-electron chi connectivity index (χ2n) is 12.7. The van der Waals surface area contributed by atoms with Gasteiger partial charge in [-0.3, -0.25) is 19.2 Å². The first-order valence-corrected chi connectivity index (χ1v) is 15.5. The van der Waals surface area contributed by atoms with Crippen LogP contribution in [0.5, 0.6) is 0 Å². The molecule has 238 valence electrons. The minimum Gasteiger partial charge on any atom is -0.379 e. The van der Waals surface area contributed by atoms with Crippen molar-refractivity contribution < 1.29 is 28.7 Å². The number of amides is 2. The summed E-state index contributed by atoms with van der Waals surface area (Å²) in [4.78, 5) is 56.6. The summed E-state index contributed by atoms with van der Waals surface area (Å²) in [6.45, 7) is 16.1. The minimum absolute atomic E-state index is 0.0293. The first-order chi connectivity index (χ1) is 19.2. The third kappa shape index (κ3) is 9.58. The third-order valence-corrected chi connectivity index (χ3v) is 9.35. The predicted octanol–water partition coefficient (Wildman–Crippen LogP) is 3.97. The molecule has 1 N–H and O–H groups in total. The van der Waals surface area contributed by atoms with Crippen molar-refractivity contribution in [1.82, 2.24) is 15.1 Å². The van der Waals surface area contributed by atoms with Gasteiger partial charge in [0.1, 0.15) is 5.78 Å². The van der Waals surface area contributed by atoms with Gasteiger partial charge in [0.15, 0.2) is 5.78 Å². The summed E-state index contributed by atoms with van der Waals surface area (Å²) in [5.41, 5.74) is 0. The Morgan fingerprint density at radius 2 is 1.59 bits per heavy atom. The molecule has 0 radical (unpaired) electrons. The zero-order valence-corrected chi connectivity index (χ0v) is 27.9. The molecular formula is C32H59N3O6. The Balaban J connectivity index is 3.24. The van der Waals surface area contributed by atoms with Crippen LogP contribution < -0.4 is 5.32 Å². The zero-order chi connectivity index (χ0) is 31.6. The number of likely N-dealkylation sites (tertiary alicyclic amines) is 1. The minimum atomic E-state index is -0.525. The van der Waals surface area contributed by atoms with Gasteiger partial charge in [0.05, 0.1) is 36.8 Å². The molecule has 9 heteroatoms. The largest absolute Gasteiger partial charge is 0.379 e. The molecular weight excluding hydrogens is 522 g/mol. The van der Waals surface area contributed by atoms with Crippen LogP contribution in [-0.2, 0) is 28.7 Å². The Bertz CT molecular complexity index is 862. The molecule has 8 atom stereocenters. The monoisotopic (exact) mass is 581 g/mol. The molecule has 41 heavy (non-hydrogen) atoms. The Labute approximate surface area is 249 Å². The molecule has 1 aliphatic rings. The number of Topliss-reactive ketones (excluding diaryl/α,β-unsaturated/α-hetero) is 2. The molecule has 1 heterocycles. The fourth-order valence-electron chi connectivity index (χ4n) is 6.47. The van der Waals surface area contributed by atoms with Crippen molar-refractivity contribution in [3.05, 3.63) is 0 Å². The van der Waals surface area contributed by atoms with E-state index in [1.54, 1.807) is 40.1 Å². The van der Waals surface area contributed by atoms with Crippen LogP contribution in [0.25, 0.3) is 0 Å². The molecule has 1 unspecified atom stereocenters. The SMILES string of the molecule is CC[C@H](C)C([C@@H](CC(=O)N1CCC[C@H]1[C@H](OC)[C@@H](C)C(C)=O)OC)N(C)C(=O)[C@@H](CC(=O)[C@@H](NC)C(C)C)C(C)C. The summed E-state index contributed by atoms with van der Waals surface area (Å²) in [6, 6.07) is -0.833. The molecule has 0 aromatic rings. The van der Waals surface area contributed by atoms with Crippen LogP contribution in [0, 0.1) is 29.6 Å². The molecule has 0 bridgehead atoms. The van der Waals surface area contributed by atoms with Crippen molar-refractivity contribution in [2.75, 3.05) is 34.9 Å². The second kappa shape index (κ2) is 17.3. The average Bonchev–Trinajstić information content (AvgIpc) is 3.40. The number of hydrogen-bond acceptors (Lipinski definition) is 7. The fraction of sp³-hybridized carbons (Fsp3) is 0.875. The van der Waals surface area contributed by atoms with Crippen molar-refractivity contribution in [3.63, 3.8) is 0 Å². The number of nitrogens with one attached hydrogen (secondary N) is 1. The van der Waals surface area contributed by atoms with E-state index in [9.17, 15) is 19.2 Å². The van der Waals surface area contributed by atoms with Gasteiger partial charge in [-0.1, -0.05) is 54.9 Å². The summed E-state index contributed by atoms with van der Waals surface area (Å²) in [5, 5.41) is 3.10. The second-order valence-corrected chi connectivity index (χ2v) is 12.7. The van der Waals surface area contributed by atoms with E-state index in [2.05, 4.69) is 19.2 Å². The summed E-state index contributed by atoms with van der Waals surface area (Å²) in [7, 11) is 6.74. The van der Waals surface area contributed by atoms with Crippen molar-refractivity contribution in [3.8, 4) is 0 Å². The van der Waals surface area contributed by atoms with E-state index in [-0.39, 0.29) is 84.1 Å². The number of hydrogen-bond donors (Lipinski definition) is 1. The zero-order valence-electron chi connectivity index (χ0n) is 27.9. The van der Waals surface area contributed by atoms with Crippen molar-refractivity contribution >= 4 is 23.4 Å². The number of nitrogens with zero attached hydrogens (tertiary/aromatic N) is 2. The van der Waals surface area contributed by atoms with Crippen molar-refractivity contribution in [1.29, 1.82) is 0 Å². The van der Waals surface area contributed by atoms with E-state index in [1.165, 1.54) is 0 Å². The predicted molar refractivity (Wildman–Crippen MR) is 162 cm³/mol. The first-order valence-electron chi connectivity index (χ1n) is 15.5. The lowest BCUT2D eigenvalue weighted by molar-refractivity contribution is -0.149. The lowest BCUT2D eigenvalue weighted by Gasteiger charge is -2.41. The maximum Gasteiger partial charge on any atom is 0.226 e. The molecule has 0 aliphatic carbocycles. The number of carbonyl (C=O) groups is 4. The Kier molecular flexibility index (Phi) is 15.7. The Morgan fingerprint density at radius 3 is 2.02 bits per heavy atom. The molecule has 1 fully saturated rings. The van der Waals surface area contributed by atoms with Crippen LogP contribution in [0.2, 0.25) is 0 Å². The van der Waals surface area contributed by atoms with E-state index in [0.29, 0.717) is 6.54 Å². The highest BCUT2D eigenvalue weighted by molar-refractivity contribution is 5.90. The van der Waals surface area contributed by atoms with Crippen LogP contribution in [0.15, 0.2) is 0 Å². The Morgan fingerprint density at radius 1 is 0.976 bits per heavy atom. The molecule has 0 saturated carbocycles. The van der Waals surface area contributed by atoms with Crippen LogP contribution in [0.3, 0.4) is 0 Å². The van der Waals surface area contributed by atoms with Gasteiger partial charge in [-0.25, -0.2) is 0 Å². The number of carbonyl (C=O) groups excluding carboxylic acids is 4. The number of methoxy groups -OCH3 is 2. The van der Waals surface area contributed by atoms with E-state index in [0.717, 1.165) is 19.3 Å². The van der Waals surface area contributed by atoms with Gasteiger partial charge < -0.3 is 24.6 Å². The molecule has 1 rings (SSSR count). The number of rotatable bonds is 18. The lowest BCUT2D eigenvalue weighted by atomic mass is 9.84. The van der Waals surface area contributed by atoms with Gasteiger partial charge in [0.25, 0.3) is 0 Å². The molecule has 9 nitrogen and oxygen atoms in total. The Hall–Kier alpha value is -1.84. The molecule has 2 amide bonds. The highest BCUT2D eigenvalue weighted by atomic mass is 16.5. The van der Waals surface area contributed by atoms with Gasteiger partial charge in [-0.2, -0.15) is 0 Å². The quantitative estimate of drug-likeness (QED) is 0.261. The third-order valence-electron chi connectivity index (χ3n) is 9.35. The highest BCUT2D eigenvalue weighted by Crippen LogP contribution is 2.30. The fourth-order valence-corrected chi connectivity index (χ4v) is 6.47. The van der Waals surface area contributed by atoms with Gasteiger partial charge in [-0.15, -0.1) is 0 Å². The first kappa shape index (κ1) is 37.2. The molecule has 0 aromatic heterocycles. The summed E-state index contributed by atoms with van der Waals surface area (Å²) in [5.74, 6) is -0.720.